The smallest absolute Gasteiger partial charge is 0.191 e. The van der Waals surface area contributed by atoms with Gasteiger partial charge in [-0.1, -0.05) is 36.4 Å². The van der Waals surface area contributed by atoms with Crippen LogP contribution in [0, 0.1) is 0 Å². The molecule has 2 aromatic rings. The van der Waals surface area contributed by atoms with Crippen LogP contribution in [0.2, 0.25) is 0 Å². The first-order chi connectivity index (χ1) is 11.7. The van der Waals surface area contributed by atoms with E-state index < -0.39 is 0 Å². The molecule has 0 unspecified atom stereocenters. The van der Waals surface area contributed by atoms with Crippen LogP contribution in [0.3, 0.4) is 0 Å². The Balaban J connectivity index is 1.83. The van der Waals surface area contributed by atoms with Gasteiger partial charge in [0, 0.05) is 27.2 Å². The van der Waals surface area contributed by atoms with Gasteiger partial charge in [0.25, 0.3) is 0 Å². The molecule has 0 heterocycles. The topological polar surface area (TPSA) is 54.9 Å². The zero-order chi connectivity index (χ0) is 17.2. The molecule has 0 aromatic heterocycles. The van der Waals surface area contributed by atoms with E-state index in [1.807, 2.05) is 18.2 Å². The van der Waals surface area contributed by atoms with Gasteiger partial charge in [-0.15, -0.1) is 0 Å². The molecule has 0 aliphatic heterocycles. The minimum atomic E-state index is 0.636. The summed E-state index contributed by atoms with van der Waals surface area (Å²) in [5.41, 5.74) is 3.50. The Kier molecular flexibility index (Phi) is 7.11. The minimum Gasteiger partial charge on any atom is -0.497 e. The fourth-order valence-electron chi connectivity index (χ4n) is 2.29. The molecule has 0 aliphatic carbocycles. The second-order valence-corrected chi connectivity index (χ2v) is 5.38. The van der Waals surface area contributed by atoms with Gasteiger partial charge in [-0.05, 0) is 28.8 Å². The Morgan fingerprint density at radius 1 is 0.917 bits per heavy atom. The third-order valence-corrected chi connectivity index (χ3v) is 3.61. The number of nitrogens with one attached hydrogen (secondary N) is 2. The number of methoxy groups -OCH3 is 2. The first kappa shape index (κ1) is 17.8. The normalized spacial score (nSPS) is 11.2. The number of guanidine groups is 1. The summed E-state index contributed by atoms with van der Waals surface area (Å²) in [5.74, 6) is 1.62. The molecule has 128 valence electrons. The molecule has 5 nitrogen and oxygen atoms in total. The molecule has 2 rings (SSSR count). The summed E-state index contributed by atoms with van der Waals surface area (Å²) in [5, 5.41) is 6.61. The number of benzene rings is 2. The van der Waals surface area contributed by atoms with Gasteiger partial charge in [0.05, 0.1) is 13.7 Å². The van der Waals surface area contributed by atoms with Gasteiger partial charge in [-0.2, -0.15) is 0 Å². The SMILES string of the molecule is CN=C(NCc1ccc(COC)cc1)NCc1cccc(OC)c1. The van der Waals surface area contributed by atoms with Crippen molar-refractivity contribution in [3.8, 4) is 5.75 Å². The highest BCUT2D eigenvalue weighted by Gasteiger charge is 2.01. The van der Waals surface area contributed by atoms with Gasteiger partial charge in [0.2, 0.25) is 0 Å². The second kappa shape index (κ2) is 9.57. The van der Waals surface area contributed by atoms with Gasteiger partial charge >= 0.3 is 0 Å². The predicted octanol–water partition coefficient (Wildman–Crippen LogP) is 2.71. The number of ether oxygens (including phenoxy) is 2. The maximum absolute atomic E-state index is 5.24. The third kappa shape index (κ3) is 5.59. The van der Waals surface area contributed by atoms with E-state index in [-0.39, 0.29) is 0 Å². The summed E-state index contributed by atoms with van der Waals surface area (Å²) in [7, 11) is 5.14. The Morgan fingerprint density at radius 3 is 2.21 bits per heavy atom. The first-order valence-electron chi connectivity index (χ1n) is 7.89. The lowest BCUT2D eigenvalue weighted by Crippen LogP contribution is -2.36. The highest BCUT2D eigenvalue weighted by Crippen LogP contribution is 2.12. The monoisotopic (exact) mass is 327 g/mol. The van der Waals surface area contributed by atoms with E-state index in [4.69, 9.17) is 9.47 Å². The van der Waals surface area contributed by atoms with E-state index in [1.54, 1.807) is 21.3 Å². The van der Waals surface area contributed by atoms with E-state index in [2.05, 4.69) is 46.0 Å². The summed E-state index contributed by atoms with van der Waals surface area (Å²) < 4.78 is 10.4. The fraction of sp³-hybridized carbons (Fsp3) is 0.316. The Bertz CT molecular complexity index is 654. The molecule has 0 aliphatic rings. The van der Waals surface area contributed by atoms with E-state index in [9.17, 15) is 0 Å². The van der Waals surface area contributed by atoms with Crippen molar-refractivity contribution in [3.05, 3.63) is 65.2 Å². The Morgan fingerprint density at radius 2 is 1.58 bits per heavy atom. The molecule has 0 bridgehead atoms. The third-order valence-electron chi connectivity index (χ3n) is 3.61. The van der Waals surface area contributed by atoms with Gasteiger partial charge in [0.1, 0.15) is 5.75 Å². The van der Waals surface area contributed by atoms with Gasteiger partial charge in [-0.3, -0.25) is 4.99 Å². The number of rotatable bonds is 7. The van der Waals surface area contributed by atoms with Crippen molar-refractivity contribution in [1.82, 2.24) is 10.6 Å². The number of nitrogens with zero attached hydrogens (tertiary/aromatic N) is 1. The number of hydrogen-bond donors (Lipinski definition) is 2. The van der Waals surface area contributed by atoms with Crippen LogP contribution in [0.5, 0.6) is 5.75 Å². The van der Waals surface area contributed by atoms with E-state index in [0.29, 0.717) is 19.7 Å². The van der Waals surface area contributed by atoms with Crippen LogP contribution >= 0.6 is 0 Å². The van der Waals surface area contributed by atoms with E-state index in [1.165, 1.54) is 11.1 Å². The van der Waals surface area contributed by atoms with Crippen molar-refractivity contribution in [2.24, 2.45) is 4.99 Å². The van der Waals surface area contributed by atoms with E-state index >= 15 is 0 Å². The van der Waals surface area contributed by atoms with Crippen molar-refractivity contribution in [3.63, 3.8) is 0 Å². The fourth-order valence-corrected chi connectivity index (χ4v) is 2.29. The van der Waals surface area contributed by atoms with Crippen LogP contribution in [-0.2, 0) is 24.4 Å². The lowest BCUT2D eigenvalue weighted by atomic mass is 10.1. The number of aliphatic imine (C=N–C) groups is 1. The molecule has 0 saturated heterocycles. The maximum Gasteiger partial charge on any atom is 0.191 e. The average Bonchev–Trinajstić information content (AvgIpc) is 2.63. The molecule has 0 amide bonds. The highest BCUT2D eigenvalue weighted by atomic mass is 16.5. The van der Waals surface area contributed by atoms with E-state index in [0.717, 1.165) is 17.3 Å². The summed E-state index contributed by atoms with van der Waals surface area (Å²) >= 11 is 0. The summed E-state index contributed by atoms with van der Waals surface area (Å²) in [6.07, 6.45) is 0. The van der Waals surface area contributed by atoms with Crippen LogP contribution in [0.25, 0.3) is 0 Å². The summed E-state index contributed by atoms with van der Waals surface area (Å²) in [6.45, 7) is 2.03. The second-order valence-electron chi connectivity index (χ2n) is 5.38. The van der Waals surface area contributed by atoms with Gasteiger partial charge in [0.15, 0.2) is 5.96 Å². The average molecular weight is 327 g/mol. The highest BCUT2D eigenvalue weighted by molar-refractivity contribution is 5.79. The Labute approximate surface area is 143 Å². The minimum absolute atomic E-state index is 0.636. The van der Waals surface area contributed by atoms with Gasteiger partial charge in [-0.25, -0.2) is 0 Å². The molecule has 0 saturated carbocycles. The molecular formula is C19H25N3O2. The standard InChI is InChI=1S/C19H25N3O2/c1-20-19(22-13-17-5-4-6-18(11-17)24-3)21-12-15-7-9-16(10-8-15)14-23-2/h4-11H,12-14H2,1-3H3,(H2,20,21,22). The quantitative estimate of drug-likeness (QED) is 0.606. The maximum atomic E-state index is 5.24. The lowest BCUT2D eigenvalue weighted by molar-refractivity contribution is 0.185. The molecule has 5 heteroatoms. The summed E-state index contributed by atoms with van der Waals surface area (Å²) in [6, 6.07) is 16.3. The molecule has 0 fully saturated rings. The van der Waals surface area contributed by atoms with Crippen LogP contribution in [0.1, 0.15) is 16.7 Å². The molecule has 24 heavy (non-hydrogen) atoms. The van der Waals surface area contributed by atoms with Crippen LogP contribution in [0.4, 0.5) is 0 Å². The van der Waals surface area contributed by atoms with Crippen molar-refractivity contribution >= 4 is 5.96 Å². The molecular weight excluding hydrogens is 302 g/mol. The predicted molar refractivity (Wildman–Crippen MR) is 97.2 cm³/mol. The lowest BCUT2D eigenvalue weighted by Gasteiger charge is -2.13. The molecule has 0 radical (unpaired) electrons. The Hall–Kier alpha value is -2.53. The van der Waals surface area contributed by atoms with Crippen molar-refractivity contribution in [2.45, 2.75) is 19.7 Å². The largest absolute Gasteiger partial charge is 0.497 e. The zero-order valence-electron chi connectivity index (χ0n) is 14.5. The van der Waals surface area contributed by atoms with Crippen LogP contribution in [-0.4, -0.2) is 27.2 Å². The van der Waals surface area contributed by atoms with Crippen LogP contribution in [0.15, 0.2) is 53.5 Å². The van der Waals surface area contributed by atoms with Crippen molar-refractivity contribution in [2.75, 3.05) is 21.3 Å². The van der Waals surface area contributed by atoms with Crippen molar-refractivity contribution in [1.29, 1.82) is 0 Å². The summed E-state index contributed by atoms with van der Waals surface area (Å²) in [4.78, 5) is 4.25. The van der Waals surface area contributed by atoms with Crippen molar-refractivity contribution < 1.29 is 9.47 Å². The van der Waals surface area contributed by atoms with Gasteiger partial charge < -0.3 is 20.1 Å². The zero-order valence-corrected chi connectivity index (χ0v) is 14.5. The first-order valence-corrected chi connectivity index (χ1v) is 7.89. The number of hydrogen-bond acceptors (Lipinski definition) is 3. The molecule has 0 atom stereocenters. The molecule has 0 spiro atoms. The molecule has 2 aromatic carbocycles. The van der Waals surface area contributed by atoms with Crippen LogP contribution < -0.4 is 15.4 Å². The molecule has 2 N–H and O–H groups in total.